The number of aromatic nitrogens is 4. The van der Waals surface area contributed by atoms with Crippen LogP contribution in [-0.2, 0) is 24.8 Å². The number of ketones is 1. The van der Waals surface area contributed by atoms with Gasteiger partial charge in [-0.15, -0.1) is 10.2 Å². The first-order chi connectivity index (χ1) is 16.2. The number of Topliss-reactive ketones (excluding diaryl/α,β-unsaturated/α-hetero) is 1. The van der Waals surface area contributed by atoms with E-state index in [0.717, 1.165) is 36.0 Å². The van der Waals surface area contributed by atoms with Crippen LogP contribution in [0.3, 0.4) is 0 Å². The second-order valence-electron chi connectivity index (χ2n) is 9.61. The molecule has 0 unspecified atom stereocenters. The minimum atomic E-state index is -0.178. The number of fused-ring (bicyclic) bond motifs is 3. The molecule has 9 nitrogen and oxygen atoms in total. The van der Waals surface area contributed by atoms with Crippen molar-refractivity contribution in [1.82, 2.24) is 19.4 Å². The summed E-state index contributed by atoms with van der Waals surface area (Å²) in [5, 5.41) is 26.8. The molecule has 0 atom stereocenters. The number of carbonyl (C=O) groups is 1. The van der Waals surface area contributed by atoms with E-state index >= 15 is 0 Å². The maximum Gasteiger partial charge on any atom is 0.242 e. The van der Waals surface area contributed by atoms with Crippen LogP contribution >= 0.6 is 0 Å². The number of aryl methyl sites for hydroxylation is 1. The van der Waals surface area contributed by atoms with Gasteiger partial charge in [-0.3, -0.25) is 10.2 Å². The molecule has 1 aliphatic carbocycles. The van der Waals surface area contributed by atoms with Crippen LogP contribution in [0.25, 0.3) is 5.65 Å². The summed E-state index contributed by atoms with van der Waals surface area (Å²) >= 11 is 0. The highest BCUT2D eigenvalue weighted by molar-refractivity contribution is 5.96. The molecule has 0 bridgehead atoms. The number of nitrogens with one attached hydrogen (secondary N) is 1. The monoisotopic (exact) mass is 467 g/mol. The topological polar surface area (TPSA) is 115 Å². The molecule has 0 saturated heterocycles. The first-order valence-electron chi connectivity index (χ1n) is 11.8. The molecule has 9 heteroatoms. The van der Waals surface area contributed by atoms with Gasteiger partial charge >= 0.3 is 0 Å². The largest absolute Gasteiger partial charge is 0.493 e. The van der Waals surface area contributed by atoms with Gasteiger partial charge in [0.15, 0.2) is 11.4 Å². The number of aliphatic hydroxyl groups excluding tert-OH is 1. The van der Waals surface area contributed by atoms with Crippen molar-refractivity contribution in [1.29, 1.82) is 5.41 Å². The summed E-state index contributed by atoms with van der Waals surface area (Å²) in [6.07, 6.45) is 3.25. The van der Waals surface area contributed by atoms with E-state index in [1.165, 1.54) is 9.20 Å². The van der Waals surface area contributed by atoms with Crippen LogP contribution in [0.4, 0.5) is 0 Å². The molecule has 2 heterocycles. The second kappa shape index (κ2) is 9.58. The summed E-state index contributed by atoms with van der Waals surface area (Å²) in [4.78, 5) is 13.3. The van der Waals surface area contributed by atoms with Crippen LogP contribution in [0.2, 0.25) is 0 Å². The predicted octanol–water partition coefficient (Wildman–Crippen LogP) is 2.84. The lowest BCUT2D eigenvalue weighted by molar-refractivity contribution is 0.0964. The number of carbonyl (C=O) groups excluding carboxylic acids is 1. The van der Waals surface area contributed by atoms with Gasteiger partial charge in [-0.05, 0) is 55.4 Å². The number of aliphatic hydroxyl groups is 1. The van der Waals surface area contributed by atoms with Crippen molar-refractivity contribution >= 4 is 11.4 Å². The van der Waals surface area contributed by atoms with Gasteiger partial charge in [-0.25, -0.2) is 4.68 Å². The smallest absolute Gasteiger partial charge is 0.242 e. The highest BCUT2D eigenvalue weighted by atomic mass is 16.5. The van der Waals surface area contributed by atoms with E-state index < -0.39 is 0 Å². The molecular weight excluding hydrogens is 434 g/mol. The van der Waals surface area contributed by atoms with Gasteiger partial charge < -0.3 is 14.6 Å². The molecule has 2 N–H and O–H groups in total. The Morgan fingerprint density at radius 2 is 1.91 bits per heavy atom. The molecule has 182 valence electrons. The van der Waals surface area contributed by atoms with E-state index in [1.54, 1.807) is 6.07 Å². The number of rotatable bonds is 9. The zero-order valence-corrected chi connectivity index (χ0v) is 20.3. The molecule has 3 aromatic rings. The van der Waals surface area contributed by atoms with Crippen molar-refractivity contribution in [3.05, 3.63) is 46.1 Å². The van der Waals surface area contributed by atoms with Gasteiger partial charge in [-0.2, -0.15) is 4.52 Å². The number of benzene rings is 1. The molecule has 0 radical (unpaired) electrons. The van der Waals surface area contributed by atoms with E-state index in [2.05, 4.69) is 31.0 Å². The second-order valence-corrected chi connectivity index (χ2v) is 9.61. The van der Waals surface area contributed by atoms with Gasteiger partial charge in [0.1, 0.15) is 12.3 Å². The quantitative estimate of drug-likeness (QED) is 0.369. The summed E-state index contributed by atoms with van der Waals surface area (Å²) in [6.45, 7) is 8.98. The predicted molar refractivity (Wildman–Crippen MR) is 127 cm³/mol. The highest BCUT2D eigenvalue weighted by Crippen LogP contribution is 2.31. The standard InChI is InChI=1S/C25H33N5O4/c1-5-33-23-20-9-6-8-19(20)22-27-29(24(26)30(22)28-23)15-21(32)16-12-17(25(2,3)4)14-18(13-16)34-11-7-10-31/h12-14,26,31H,5-11,15H2,1-4H3. The lowest BCUT2D eigenvalue weighted by atomic mass is 9.85. The van der Waals surface area contributed by atoms with Crippen molar-refractivity contribution in [3.8, 4) is 11.6 Å². The Balaban J connectivity index is 1.68. The van der Waals surface area contributed by atoms with Crippen molar-refractivity contribution < 1.29 is 19.4 Å². The maximum absolute atomic E-state index is 13.3. The molecule has 0 amide bonds. The summed E-state index contributed by atoms with van der Waals surface area (Å²) in [6, 6.07) is 5.53. The Labute approximate surface area is 198 Å². The van der Waals surface area contributed by atoms with Crippen LogP contribution in [0.5, 0.6) is 11.6 Å². The molecule has 0 aliphatic heterocycles. The van der Waals surface area contributed by atoms with E-state index in [9.17, 15) is 4.79 Å². The molecule has 0 fully saturated rings. The Bertz CT molecular complexity index is 1270. The molecule has 34 heavy (non-hydrogen) atoms. The first kappa shape index (κ1) is 23.9. The van der Waals surface area contributed by atoms with Gasteiger partial charge in [0, 0.05) is 29.7 Å². The van der Waals surface area contributed by atoms with Crippen LogP contribution < -0.4 is 15.1 Å². The molecular formula is C25H33N5O4. The minimum absolute atomic E-state index is 0.0328. The van der Waals surface area contributed by atoms with Crippen LogP contribution in [0.1, 0.15) is 67.6 Å². The Morgan fingerprint density at radius 1 is 1.15 bits per heavy atom. The Hall–Kier alpha value is -3.20. The Morgan fingerprint density at radius 3 is 2.62 bits per heavy atom. The van der Waals surface area contributed by atoms with Crippen LogP contribution in [-0.4, -0.2) is 50.1 Å². The molecule has 0 saturated carbocycles. The summed E-state index contributed by atoms with van der Waals surface area (Å²) in [7, 11) is 0. The molecule has 4 rings (SSSR count). The summed E-state index contributed by atoms with van der Waals surface area (Å²) in [5.41, 5.74) is 4.05. The van der Waals surface area contributed by atoms with E-state index in [4.69, 9.17) is 20.0 Å². The SMILES string of the molecule is CCOc1nn2c(=N)n(CC(=O)c3cc(OCCCO)cc(C(C)(C)C)c3)nc2c2c1CCC2. The molecule has 0 spiro atoms. The number of hydrogen-bond acceptors (Lipinski definition) is 7. The Kier molecular flexibility index (Phi) is 6.74. The lowest BCUT2D eigenvalue weighted by Crippen LogP contribution is -2.26. The zero-order chi connectivity index (χ0) is 24.5. The number of nitrogens with zero attached hydrogens (tertiary/aromatic N) is 4. The third-order valence-electron chi connectivity index (χ3n) is 6.04. The van der Waals surface area contributed by atoms with Crippen molar-refractivity contribution in [2.75, 3.05) is 19.8 Å². The zero-order valence-electron chi connectivity index (χ0n) is 20.3. The first-order valence-corrected chi connectivity index (χ1v) is 11.8. The summed E-state index contributed by atoms with van der Waals surface area (Å²) in [5.74, 6) is 0.979. The van der Waals surface area contributed by atoms with Crippen molar-refractivity contribution in [2.24, 2.45) is 0 Å². The van der Waals surface area contributed by atoms with E-state index in [-0.39, 0.29) is 30.0 Å². The van der Waals surface area contributed by atoms with Gasteiger partial charge in [-0.1, -0.05) is 20.8 Å². The average molecular weight is 468 g/mol. The fraction of sp³-hybridized carbons (Fsp3) is 0.520. The van der Waals surface area contributed by atoms with E-state index in [1.807, 2.05) is 19.1 Å². The minimum Gasteiger partial charge on any atom is -0.493 e. The third-order valence-corrected chi connectivity index (χ3v) is 6.04. The van der Waals surface area contributed by atoms with Crippen LogP contribution in [0.15, 0.2) is 18.2 Å². The third kappa shape index (κ3) is 4.70. The average Bonchev–Trinajstić information content (AvgIpc) is 3.39. The molecule has 1 aromatic carbocycles. The normalized spacial score (nSPS) is 13.3. The fourth-order valence-corrected chi connectivity index (χ4v) is 4.20. The lowest BCUT2D eigenvalue weighted by Gasteiger charge is -2.21. The van der Waals surface area contributed by atoms with Gasteiger partial charge in [0.2, 0.25) is 11.5 Å². The maximum atomic E-state index is 13.3. The van der Waals surface area contributed by atoms with Gasteiger partial charge in [0.05, 0.1) is 13.2 Å². The van der Waals surface area contributed by atoms with Gasteiger partial charge in [0.25, 0.3) is 0 Å². The highest BCUT2D eigenvalue weighted by Gasteiger charge is 2.25. The number of hydrogen-bond donors (Lipinski definition) is 2. The molecule has 1 aliphatic rings. The van der Waals surface area contributed by atoms with Crippen LogP contribution in [0, 0.1) is 5.41 Å². The van der Waals surface area contributed by atoms with Crippen molar-refractivity contribution in [3.63, 3.8) is 0 Å². The number of ether oxygens (including phenoxy) is 2. The van der Waals surface area contributed by atoms with E-state index in [0.29, 0.717) is 42.5 Å². The summed E-state index contributed by atoms with van der Waals surface area (Å²) < 4.78 is 14.4. The fourth-order valence-electron chi connectivity index (χ4n) is 4.20. The molecule has 2 aromatic heterocycles. The van der Waals surface area contributed by atoms with Crippen molar-refractivity contribution in [2.45, 2.75) is 65.3 Å².